The Labute approximate surface area is 161 Å². The average molecular weight is 389 g/mol. The number of hydrogen-bond acceptors (Lipinski definition) is 5. The van der Waals surface area contributed by atoms with Crippen molar-refractivity contribution in [2.45, 2.75) is 20.8 Å². The van der Waals surface area contributed by atoms with Crippen LogP contribution in [0.4, 0.5) is 5.00 Å². The Hall–Kier alpha value is -2.61. The number of anilines is 1. The second-order valence-corrected chi connectivity index (χ2v) is 8.51. The predicted octanol–water partition coefficient (Wildman–Crippen LogP) is 2.92. The van der Waals surface area contributed by atoms with Gasteiger partial charge in [-0.15, -0.1) is 11.3 Å². The van der Waals surface area contributed by atoms with E-state index >= 15 is 0 Å². The minimum absolute atomic E-state index is 0.0821. The molecule has 7 nitrogen and oxygen atoms in total. The van der Waals surface area contributed by atoms with E-state index in [2.05, 4.69) is 5.32 Å². The van der Waals surface area contributed by atoms with Crippen molar-refractivity contribution in [1.82, 2.24) is 9.80 Å². The first-order valence-corrected chi connectivity index (χ1v) is 9.61. The molecule has 3 heterocycles. The first-order valence-electron chi connectivity index (χ1n) is 8.79. The Morgan fingerprint density at radius 2 is 1.70 bits per heavy atom. The summed E-state index contributed by atoms with van der Waals surface area (Å²) >= 11 is 1.23. The van der Waals surface area contributed by atoms with Gasteiger partial charge in [-0.3, -0.25) is 14.4 Å². The zero-order chi connectivity index (χ0) is 19.6. The van der Waals surface area contributed by atoms with Crippen molar-refractivity contribution in [3.63, 3.8) is 0 Å². The molecule has 2 aromatic heterocycles. The number of amides is 3. The van der Waals surface area contributed by atoms with Gasteiger partial charge in [-0.2, -0.15) is 0 Å². The molecule has 0 atom stereocenters. The number of thiophene rings is 1. The van der Waals surface area contributed by atoms with Crippen LogP contribution in [0.3, 0.4) is 0 Å². The monoisotopic (exact) mass is 389 g/mol. The van der Waals surface area contributed by atoms with Crippen LogP contribution in [0.5, 0.6) is 0 Å². The topological polar surface area (TPSA) is 82.9 Å². The smallest absolute Gasteiger partial charge is 0.291 e. The van der Waals surface area contributed by atoms with E-state index in [-0.39, 0.29) is 23.5 Å². The predicted molar refractivity (Wildman–Crippen MR) is 103 cm³/mol. The summed E-state index contributed by atoms with van der Waals surface area (Å²) in [6, 6.07) is 6.63. The SMILES string of the molecule is CC(C)(C)C(=O)N1CCN(C(=O)c2ccc(NC(=O)c3ccco3)s2)CC1. The standard InChI is InChI=1S/C19H23N3O4S/c1-19(2,3)18(25)22-10-8-21(9-11-22)17(24)14-6-7-15(27-14)20-16(23)13-5-4-12-26-13/h4-7,12H,8-11H2,1-3H3,(H,20,23). The second kappa shape index (κ2) is 7.56. The van der Waals surface area contributed by atoms with Crippen LogP contribution in [0.2, 0.25) is 0 Å². The molecule has 1 saturated heterocycles. The van der Waals surface area contributed by atoms with Crippen LogP contribution < -0.4 is 5.32 Å². The molecule has 3 amide bonds. The molecule has 0 bridgehead atoms. The van der Waals surface area contributed by atoms with E-state index in [1.54, 1.807) is 29.2 Å². The minimum atomic E-state index is -0.416. The van der Waals surface area contributed by atoms with Crippen molar-refractivity contribution < 1.29 is 18.8 Å². The third-order valence-corrected chi connectivity index (χ3v) is 5.28. The van der Waals surface area contributed by atoms with Gasteiger partial charge in [0, 0.05) is 31.6 Å². The molecule has 8 heteroatoms. The number of hydrogen-bond donors (Lipinski definition) is 1. The summed E-state index contributed by atoms with van der Waals surface area (Å²) in [5, 5.41) is 3.31. The number of nitrogens with one attached hydrogen (secondary N) is 1. The molecule has 1 aliphatic rings. The van der Waals surface area contributed by atoms with Gasteiger partial charge in [0.2, 0.25) is 5.91 Å². The molecule has 1 aliphatic heterocycles. The quantitative estimate of drug-likeness (QED) is 0.875. The van der Waals surface area contributed by atoms with Crippen LogP contribution in [-0.4, -0.2) is 53.7 Å². The third kappa shape index (κ3) is 4.39. The molecular formula is C19H23N3O4S. The van der Waals surface area contributed by atoms with E-state index in [9.17, 15) is 14.4 Å². The minimum Gasteiger partial charge on any atom is -0.459 e. The van der Waals surface area contributed by atoms with Crippen LogP contribution in [0.25, 0.3) is 0 Å². The van der Waals surface area contributed by atoms with E-state index in [4.69, 9.17) is 4.42 Å². The number of rotatable bonds is 3. The molecule has 3 rings (SSSR count). The Balaban J connectivity index is 1.57. The fraction of sp³-hybridized carbons (Fsp3) is 0.421. The van der Waals surface area contributed by atoms with Gasteiger partial charge in [0.05, 0.1) is 16.1 Å². The van der Waals surface area contributed by atoms with Crippen LogP contribution >= 0.6 is 11.3 Å². The zero-order valence-corrected chi connectivity index (χ0v) is 16.5. The van der Waals surface area contributed by atoms with E-state index in [1.807, 2.05) is 25.7 Å². The Kier molecular flexibility index (Phi) is 5.36. The van der Waals surface area contributed by atoms with Gasteiger partial charge in [0.1, 0.15) is 0 Å². The third-order valence-electron chi connectivity index (χ3n) is 4.29. The highest BCUT2D eigenvalue weighted by Crippen LogP contribution is 2.25. The van der Waals surface area contributed by atoms with E-state index in [0.717, 1.165) is 0 Å². The van der Waals surface area contributed by atoms with Crippen LogP contribution in [0, 0.1) is 5.41 Å². The van der Waals surface area contributed by atoms with E-state index < -0.39 is 5.41 Å². The highest BCUT2D eigenvalue weighted by Gasteiger charge is 2.31. The molecule has 0 aromatic carbocycles. The first kappa shape index (κ1) is 19.2. The fourth-order valence-corrected chi connectivity index (χ4v) is 3.71. The van der Waals surface area contributed by atoms with Crippen molar-refractivity contribution in [3.05, 3.63) is 41.2 Å². The average Bonchev–Trinajstić information content (AvgIpc) is 3.32. The largest absolute Gasteiger partial charge is 0.459 e. The van der Waals surface area contributed by atoms with Crippen LogP contribution in [-0.2, 0) is 4.79 Å². The molecule has 144 valence electrons. The van der Waals surface area contributed by atoms with Crippen molar-refractivity contribution in [1.29, 1.82) is 0 Å². The number of nitrogens with zero attached hydrogens (tertiary/aromatic N) is 2. The van der Waals surface area contributed by atoms with Gasteiger partial charge >= 0.3 is 0 Å². The molecule has 0 radical (unpaired) electrons. The maximum absolute atomic E-state index is 12.7. The second-order valence-electron chi connectivity index (χ2n) is 7.43. The van der Waals surface area contributed by atoms with Crippen LogP contribution in [0.1, 0.15) is 41.0 Å². The van der Waals surface area contributed by atoms with Crippen molar-refractivity contribution in [3.8, 4) is 0 Å². The summed E-state index contributed by atoms with van der Waals surface area (Å²) in [5.41, 5.74) is -0.416. The Morgan fingerprint density at radius 3 is 2.30 bits per heavy atom. The molecule has 2 aromatic rings. The fourth-order valence-electron chi connectivity index (χ4n) is 2.84. The number of carbonyl (C=O) groups is 3. The summed E-state index contributed by atoms with van der Waals surface area (Å²) in [6.07, 6.45) is 1.43. The lowest BCUT2D eigenvalue weighted by molar-refractivity contribution is -0.140. The van der Waals surface area contributed by atoms with Gasteiger partial charge < -0.3 is 19.5 Å². The maximum Gasteiger partial charge on any atom is 0.291 e. The van der Waals surface area contributed by atoms with Crippen molar-refractivity contribution in [2.24, 2.45) is 5.41 Å². The number of piperazine rings is 1. The highest BCUT2D eigenvalue weighted by atomic mass is 32.1. The van der Waals surface area contributed by atoms with Gasteiger partial charge in [-0.1, -0.05) is 20.8 Å². The van der Waals surface area contributed by atoms with Gasteiger partial charge in [-0.25, -0.2) is 0 Å². The number of furan rings is 1. The van der Waals surface area contributed by atoms with Crippen LogP contribution in [0.15, 0.2) is 34.9 Å². The number of carbonyl (C=O) groups excluding carboxylic acids is 3. The van der Waals surface area contributed by atoms with Gasteiger partial charge in [0.25, 0.3) is 11.8 Å². The molecule has 27 heavy (non-hydrogen) atoms. The lowest BCUT2D eigenvalue weighted by atomic mass is 9.94. The van der Waals surface area contributed by atoms with Crippen molar-refractivity contribution >= 4 is 34.1 Å². The van der Waals surface area contributed by atoms with E-state index in [0.29, 0.717) is 36.1 Å². The molecule has 1 N–H and O–H groups in total. The molecule has 0 unspecified atom stereocenters. The summed E-state index contributed by atoms with van der Waals surface area (Å²) in [7, 11) is 0. The summed E-state index contributed by atoms with van der Waals surface area (Å²) in [5.74, 6) is -0.110. The normalized spacial score (nSPS) is 14.9. The maximum atomic E-state index is 12.7. The van der Waals surface area contributed by atoms with Gasteiger partial charge in [-0.05, 0) is 24.3 Å². The molecule has 0 spiro atoms. The Bertz CT molecular complexity index is 828. The van der Waals surface area contributed by atoms with Crippen molar-refractivity contribution in [2.75, 3.05) is 31.5 Å². The zero-order valence-electron chi connectivity index (χ0n) is 15.7. The Morgan fingerprint density at radius 1 is 1.04 bits per heavy atom. The molecule has 0 saturated carbocycles. The molecule has 0 aliphatic carbocycles. The lowest BCUT2D eigenvalue weighted by Crippen LogP contribution is -2.52. The molecular weight excluding hydrogens is 366 g/mol. The van der Waals surface area contributed by atoms with Gasteiger partial charge in [0.15, 0.2) is 5.76 Å². The first-order chi connectivity index (χ1) is 12.8. The van der Waals surface area contributed by atoms with E-state index in [1.165, 1.54) is 17.6 Å². The summed E-state index contributed by atoms with van der Waals surface area (Å²) in [6.45, 7) is 7.79. The summed E-state index contributed by atoms with van der Waals surface area (Å²) in [4.78, 5) is 41.2. The summed E-state index contributed by atoms with van der Waals surface area (Å²) < 4.78 is 5.06. The highest BCUT2D eigenvalue weighted by molar-refractivity contribution is 7.18. The molecule has 1 fully saturated rings. The lowest BCUT2D eigenvalue weighted by Gasteiger charge is -2.37.